The molecule has 1 heteroatoms. The lowest BCUT2D eigenvalue weighted by Crippen LogP contribution is -1.82. The minimum Gasteiger partial charge on any atom is -0.399 e. The largest absolute Gasteiger partial charge is 0.399 e. The monoisotopic (exact) mass is 142 g/mol. The highest BCUT2D eigenvalue weighted by molar-refractivity contribution is 5.84. The molecule has 0 fully saturated rings. The molecule has 53 valence electrons. The van der Waals surface area contributed by atoms with Crippen LogP contribution in [0.25, 0.3) is 10.8 Å². The van der Waals surface area contributed by atoms with Crippen molar-refractivity contribution >= 4 is 16.5 Å². The third-order valence-corrected chi connectivity index (χ3v) is 1.69. The van der Waals surface area contributed by atoms with Crippen molar-refractivity contribution in [3.05, 3.63) is 42.5 Å². The maximum atomic E-state index is 5.60. The van der Waals surface area contributed by atoms with E-state index in [9.17, 15) is 0 Å². The highest BCUT2D eigenvalue weighted by Crippen LogP contribution is 2.15. The van der Waals surface area contributed by atoms with Crippen molar-refractivity contribution in [2.75, 3.05) is 5.73 Å². The molecule has 0 aliphatic heterocycles. The van der Waals surface area contributed by atoms with Gasteiger partial charge in [-0.1, -0.05) is 24.3 Å². The standard InChI is InChI=1S/C10H8N/c11-10-6-5-8-3-1-2-4-9(8)7-10/h1-3,5-7H,11H2. The van der Waals surface area contributed by atoms with Crippen molar-refractivity contribution in [3.8, 4) is 0 Å². The van der Waals surface area contributed by atoms with Gasteiger partial charge in [-0.05, 0) is 29.0 Å². The summed E-state index contributed by atoms with van der Waals surface area (Å²) in [6, 6.07) is 14.8. The van der Waals surface area contributed by atoms with E-state index in [0.29, 0.717) is 0 Å². The van der Waals surface area contributed by atoms with Crippen LogP contribution in [-0.2, 0) is 0 Å². The predicted molar refractivity (Wildman–Crippen MR) is 47.2 cm³/mol. The summed E-state index contributed by atoms with van der Waals surface area (Å²) in [5.41, 5.74) is 6.40. The second kappa shape index (κ2) is 2.27. The van der Waals surface area contributed by atoms with E-state index >= 15 is 0 Å². The molecule has 0 aliphatic rings. The molecule has 0 aromatic heterocycles. The first kappa shape index (κ1) is 6.23. The molecule has 0 spiro atoms. The van der Waals surface area contributed by atoms with Crippen LogP contribution in [0, 0.1) is 6.07 Å². The van der Waals surface area contributed by atoms with Gasteiger partial charge in [0.2, 0.25) is 0 Å². The molecular formula is C10H8N. The summed E-state index contributed by atoms with van der Waals surface area (Å²) in [4.78, 5) is 0. The Morgan fingerprint density at radius 1 is 1.18 bits per heavy atom. The van der Waals surface area contributed by atoms with Gasteiger partial charge in [0.15, 0.2) is 0 Å². The first-order chi connectivity index (χ1) is 5.36. The van der Waals surface area contributed by atoms with E-state index in [1.54, 1.807) is 0 Å². The lowest BCUT2D eigenvalue weighted by molar-refractivity contribution is 1.72. The van der Waals surface area contributed by atoms with Gasteiger partial charge in [0.25, 0.3) is 0 Å². The molecule has 1 nitrogen and oxygen atoms in total. The van der Waals surface area contributed by atoms with Crippen LogP contribution in [0.1, 0.15) is 0 Å². The molecule has 2 rings (SSSR count). The lowest BCUT2D eigenvalue weighted by Gasteiger charge is -1.96. The molecule has 1 radical (unpaired) electrons. The van der Waals surface area contributed by atoms with Crippen LogP contribution in [-0.4, -0.2) is 0 Å². The van der Waals surface area contributed by atoms with Crippen LogP contribution in [0.2, 0.25) is 0 Å². The topological polar surface area (TPSA) is 26.0 Å². The number of anilines is 1. The van der Waals surface area contributed by atoms with Crippen LogP contribution in [0.5, 0.6) is 0 Å². The lowest BCUT2D eigenvalue weighted by atomic mass is 10.1. The van der Waals surface area contributed by atoms with Crippen molar-refractivity contribution in [3.63, 3.8) is 0 Å². The smallest absolute Gasteiger partial charge is 0.0320 e. The fourth-order valence-corrected chi connectivity index (χ4v) is 1.13. The zero-order valence-electron chi connectivity index (χ0n) is 6.04. The summed E-state index contributed by atoms with van der Waals surface area (Å²) in [6.45, 7) is 0. The highest BCUT2D eigenvalue weighted by Gasteiger charge is 1.90. The van der Waals surface area contributed by atoms with E-state index in [0.717, 1.165) is 11.1 Å². The molecular weight excluding hydrogens is 134 g/mol. The molecule has 0 saturated heterocycles. The molecule has 2 aromatic rings. The molecule has 11 heavy (non-hydrogen) atoms. The van der Waals surface area contributed by atoms with Gasteiger partial charge in [0.05, 0.1) is 0 Å². The Balaban J connectivity index is 2.83. The van der Waals surface area contributed by atoms with Gasteiger partial charge >= 0.3 is 0 Å². The van der Waals surface area contributed by atoms with E-state index < -0.39 is 0 Å². The number of rotatable bonds is 0. The number of nitrogens with two attached hydrogens (primary N) is 1. The van der Waals surface area contributed by atoms with Crippen LogP contribution >= 0.6 is 0 Å². The minimum atomic E-state index is 0.792. The molecule has 0 aliphatic carbocycles. The van der Waals surface area contributed by atoms with Crippen molar-refractivity contribution in [2.24, 2.45) is 0 Å². The summed E-state index contributed by atoms with van der Waals surface area (Å²) in [7, 11) is 0. The van der Waals surface area contributed by atoms with Gasteiger partial charge < -0.3 is 5.73 Å². The molecule has 0 heterocycles. The summed E-state index contributed by atoms with van der Waals surface area (Å²) >= 11 is 0. The normalized spacial score (nSPS) is 10.2. The fraction of sp³-hybridized carbons (Fsp3) is 0. The zero-order valence-corrected chi connectivity index (χ0v) is 6.04. The Kier molecular flexibility index (Phi) is 1.29. The van der Waals surface area contributed by atoms with Crippen molar-refractivity contribution < 1.29 is 0 Å². The molecule has 0 atom stereocenters. The maximum absolute atomic E-state index is 5.60. The maximum Gasteiger partial charge on any atom is 0.0320 e. The third kappa shape index (κ3) is 1.05. The van der Waals surface area contributed by atoms with Crippen molar-refractivity contribution in [2.45, 2.75) is 0 Å². The van der Waals surface area contributed by atoms with Crippen molar-refractivity contribution in [1.82, 2.24) is 0 Å². The highest BCUT2D eigenvalue weighted by atomic mass is 14.5. The second-order valence-electron chi connectivity index (χ2n) is 2.52. The van der Waals surface area contributed by atoms with E-state index in [-0.39, 0.29) is 0 Å². The Morgan fingerprint density at radius 3 is 3.00 bits per heavy atom. The Hall–Kier alpha value is -1.50. The number of nitrogen functional groups attached to an aromatic ring is 1. The number of hydrogen-bond acceptors (Lipinski definition) is 1. The molecule has 2 aromatic carbocycles. The summed E-state index contributed by atoms with van der Waals surface area (Å²) in [5.74, 6) is 0. The fourth-order valence-electron chi connectivity index (χ4n) is 1.13. The molecule has 2 N–H and O–H groups in total. The Labute approximate surface area is 65.5 Å². The van der Waals surface area contributed by atoms with E-state index in [1.807, 2.05) is 36.4 Å². The second-order valence-corrected chi connectivity index (χ2v) is 2.52. The number of benzene rings is 2. The SMILES string of the molecule is Nc1ccc2ccc[c]c2c1. The van der Waals surface area contributed by atoms with Gasteiger partial charge in [-0.3, -0.25) is 0 Å². The molecule has 0 unspecified atom stereocenters. The average Bonchev–Trinajstić information content (AvgIpc) is 2.04. The van der Waals surface area contributed by atoms with Gasteiger partial charge in [-0.2, -0.15) is 0 Å². The summed E-state index contributed by atoms with van der Waals surface area (Å²) < 4.78 is 0. The zero-order chi connectivity index (χ0) is 7.68. The quantitative estimate of drug-likeness (QED) is 0.561. The number of fused-ring (bicyclic) bond motifs is 1. The van der Waals surface area contributed by atoms with Gasteiger partial charge in [-0.25, -0.2) is 0 Å². The first-order valence-electron chi connectivity index (χ1n) is 3.52. The first-order valence-corrected chi connectivity index (χ1v) is 3.52. The Morgan fingerprint density at radius 2 is 2.09 bits per heavy atom. The van der Waals surface area contributed by atoms with Crippen molar-refractivity contribution in [1.29, 1.82) is 0 Å². The summed E-state index contributed by atoms with van der Waals surface area (Å²) in [5, 5.41) is 2.26. The average molecular weight is 142 g/mol. The number of hydrogen-bond donors (Lipinski definition) is 1. The molecule has 0 saturated carbocycles. The van der Waals surface area contributed by atoms with Crippen LogP contribution in [0.4, 0.5) is 5.69 Å². The predicted octanol–water partition coefficient (Wildman–Crippen LogP) is 2.22. The molecule has 0 bridgehead atoms. The van der Waals surface area contributed by atoms with E-state index in [1.165, 1.54) is 5.39 Å². The van der Waals surface area contributed by atoms with Crippen LogP contribution < -0.4 is 5.73 Å². The van der Waals surface area contributed by atoms with Gasteiger partial charge in [0.1, 0.15) is 0 Å². The van der Waals surface area contributed by atoms with Gasteiger partial charge in [-0.15, -0.1) is 0 Å². The van der Waals surface area contributed by atoms with E-state index in [4.69, 9.17) is 5.73 Å². The van der Waals surface area contributed by atoms with Gasteiger partial charge in [0, 0.05) is 5.69 Å². The van der Waals surface area contributed by atoms with Crippen LogP contribution in [0.3, 0.4) is 0 Å². The molecule has 0 amide bonds. The third-order valence-electron chi connectivity index (χ3n) is 1.69. The van der Waals surface area contributed by atoms with E-state index in [2.05, 4.69) is 6.07 Å². The van der Waals surface area contributed by atoms with Crippen LogP contribution in [0.15, 0.2) is 36.4 Å². The summed E-state index contributed by atoms with van der Waals surface area (Å²) in [6.07, 6.45) is 0. The Bertz CT molecular complexity index is 379. The minimum absolute atomic E-state index is 0.792.